The van der Waals surface area contributed by atoms with Gasteiger partial charge >= 0.3 is 0 Å². The Morgan fingerprint density at radius 3 is 2.50 bits per heavy atom. The van der Waals surface area contributed by atoms with Crippen molar-refractivity contribution >= 4 is 10.0 Å². The summed E-state index contributed by atoms with van der Waals surface area (Å²) in [6, 6.07) is 0.573. The summed E-state index contributed by atoms with van der Waals surface area (Å²) in [5, 5.41) is 3.67. The summed E-state index contributed by atoms with van der Waals surface area (Å²) in [6.07, 6.45) is 10.3. The third-order valence-corrected chi connectivity index (χ3v) is 6.31. The van der Waals surface area contributed by atoms with E-state index in [1.54, 1.807) is 4.31 Å². The summed E-state index contributed by atoms with van der Waals surface area (Å²) in [5.41, 5.74) is 0. The molecule has 0 radical (unpaired) electrons. The van der Waals surface area contributed by atoms with E-state index >= 15 is 0 Å². The van der Waals surface area contributed by atoms with Gasteiger partial charge in [-0.2, -0.15) is 0 Å². The smallest absolute Gasteiger partial charge is 0.211 e. The van der Waals surface area contributed by atoms with Gasteiger partial charge in [-0.25, -0.2) is 12.7 Å². The van der Waals surface area contributed by atoms with Crippen molar-refractivity contribution in [1.82, 2.24) is 9.62 Å². The Labute approximate surface area is 124 Å². The highest BCUT2D eigenvalue weighted by Gasteiger charge is 2.27. The average Bonchev–Trinajstić information content (AvgIpc) is 2.45. The van der Waals surface area contributed by atoms with Crippen LogP contribution in [0.4, 0.5) is 0 Å². The Hall–Kier alpha value is -0.130. The minimum Gasteiger partial charge on any atom is -0.314 e. The second-order valence-electron chi connectivity index (χ2n) is 6.72. The molecule has 0 bridgehead atoms. The van der Waals surface area contributed by atoms with Crippen molar-refractivity contribution in [3.8, 4) is 0 Å². The van der Waals surface area contributed by atoms with Crippen LogP contribution in [0, 0.1) is 11.8 Å². The van der Waals surface area contributed by atoms with Gasteiger partial charge in [0, 0.05) is 19.1 Å². The van der Waals surface area contributed by atoms with Crippen molar-refractivity contribution in [3.05, 3.63) is 0 Å². The summed E-state index contributed by atoms with van der Waals surface area (Å²) in [7, 11) is -3.01. The van der Waals surface area contributed by atoms with Gasteiger partial charge in [-0.15, -0.1) is 0 Å². The Bertz CT molecular complexity index is 391. The summed E-state index contributed by atoms with van der Waals surface area (Å²) in [4.78, 5) is 0. The number of sulfonamides is 1. The number of rotatable bonds is 5. The standard InChI is InChI=1S/C15H30N2O2S/c1-13(15-8-4-3-5-9-15)16-11-14-7-6-10-17(12-14)20(2,18)19/h13-16H,3-12H2,1-2H3. The van der Waals surface area contributed by atoms with Gasteiger partial charge in [0.1, 0.15) is 0 Å². The van der Waals surface area contributed by atoms with Crippen LogP contribution in [0.5, 0.6) is 0 Å². The lowest BCUT2D eigenvalue weighted by Gasteiger charge is -2.33. The molecule has 2 rings (SSSR count). The maximum absolute atomic E-state index is 11.6. The number of piperidine rings is 1. The highest BCUT2D eigenvalue weighted by atomic mass is 32.2. The van der Waals surface area contributed by atoms with Gasteiger partial charge in [0.15, 0.2) is 0 Å². The van der Waals surface area contributed by atoms with E-state index in [1.165, 1.54) is 38.4 Å². The second-order valence-corrected chi connectivity index (χ2v) is 8.71. The third kappa shape index (κ3) is 4.71. The zero-order valence-corrected chi connectivity index (χ0v) is 13.8. The minimum atomic E-state index is -3.01. The molecule has 2 aliphatic rings. The van der Waals surface area contributed by atoms with Gasteiger partial charge in [0.2, 0.25) is 10.0 Å². The molecule has 1 saturated carbocycles. The normalized spacial score (nSPS) is 28.4. The maximum Gasteiger partial charge on any atom is 0.211 e. The summed E-state index contributed by atoms with van der Waals surface area (Å²) in [6.45, 7) is 4.66. The Morgan fingerprint density at radius 1 is 1.15 bits per heavy atom. The fourth-order valence-corrected chi connectivity index (χ4v) is 4.59. The van der Waals surface area contributed by atoms with E-state index in [4.69, 9.17) is 0 Å². The number of nitrogens with one attached hydrogen (secondary N) is 1. The highest BCUT2D eigenvalue weighted by molar-refractivity contribution is 7.88. The van der Waals surface area contributed by atoms with Crippen LogP contribution in [-0.4, -0.2) is 44.7 Å². The molecule has 1 heterocycles. The van der Waals surface area contributed by atoms with Crippen LogP contribution < -0.4 is 5.32 Å². The van der Waals surface area contributed by atoms with Crippen LogP contribution >= 0.6 is 0 Å². The number of hydrogen-bond acceptors (Lipinski definition) is 3. The van der Waals surface area contributed by atoms with Crippen LogP contribution in [0.3, 0.4) is 0 Å². The maximum atomic E-state index is 11.6. The molecule has 1 saturated heterocycles. The summed E-state index contributed by atoms with van der Waals surface area (Å²) < 4.78 is 24.9. The molecular formula is C15H30N2O2S. The first-order chi connectivity index (χ1) is 9.47. The molecule has 20 heavy (non-hydrogen) atoms. The van der Waals surface area contributed by atoms with Crippen LogP contribution in [0.15, 0.2) is 0 Å². The van der Waals surface area contributed by atoms with E-state index in [0.29, 0.717) is 25.0 Å². The largest absolute Gasteiger partial charge is 0.314 e. The van der Waals surface area contributed by atoms with Crippen molar-refractivity contribution < 1.29 is 8.42 Å². The monoisotopic (exact) mass is 302 g/mol. The molecule has 2 unspecified atom stereocenters. The van der Waals surface area contributed by atoms with E-state index in [2.05, 4.69) is 12.2 Å². The molecule has 0 aromatic rings. The SMILES string of the molecule is CC(NCC1CCCN(S(C)(=O)=O)C1)C1CCCCC1. The van der Waals surface area contributed by atoms with Crippen LogP contribution in [0.1, 0.15) is 51.9 Å². The molecule has 1 aliphatic heterocycles. The number of hydrogen-bond donors (Lipinski definition) is 1. The van der Waals surface area contributed by atoms with Crippen LogP contribution in [0.25, 0.3) is 0 Å². The van der Waals surface area contributed by atoms with E-state index in [0.717, 1.165) is 25.3 Å². The lowest BCUT2D eigenvalue weighted by molar-refractivity contribution is 0.231. The Kier molecular flexibility index (Phi) is 5.87. The van der Waals surface area contributed by atoms with Crippen LogP contribution in [0.2, 0.25) is 0 Å². The molecule has 0 aromatic carbocycles. The highest BCUT2D eigenvalue weighted by Crippen LogP contribution is 2.26. The molecule has 1 N–H and O–H groups in total. The summed E-state index contributed by atoms with van der Waals surface area (Å²) in [5.74, 6) is 1.29. The zero-order valence-electron chi connectivity index (χ0n) is 13.0. The van der Waals surface area contributed by atoms with Crippen molar-refractivity contribution in [2.75, 3.05) is 25.9 Å². The molecule has 118 valence electrons. The van der Waals surface area contributed by atoms with E-state index < -0.39 is 10.0 Å². The zero-order chi connectivity index (χ0) is 14.6. The van der Waals surface area contributed by atoms with Gasteiger partial charge in [0.25, 0.3) is 0 Å². The first-order valence-corrected chi connectivity index (χ1v) is 10.00. The van der Waals surface area contributed by atoms with Crippen molar-refractivity contribution in [3.63, 3.8) is 0 Å². The predicted octanol–water partition coefficient (Wildman–Crippen LogP) is 2.22. The molecule has 0 aromatic heterocycles. The summed E-state index contributed by atoms with van der Waals surface area (Å²) >= 11 is 0. The lowest BCUT2D eigenvalue weighted by Crippen LogP contribution is -2.45. The van der Waals surface area contributed by atoms with E-state index in [9.17, 15) is 8.42 Å². The van der Waals surface area contributed by atoms with Gasteiger partial charge in [0.05, 0.1) is 6.26 Å². The first-order valence-electron chi connectivity index (χ1n) is 8.15. The molecule has 2 atom stereocenters. The molecule has 2 fully saturated rings. The molecule has 0 spiro atoms. The quantitative estimate of drug-likeness (QED) is 0.847. The number of nitrogens with zero attached hydrogens (tertiary/aromatic N) is 1. The van der Waals surface area contributed by atoms with Gasteiger partial charge in [-0.1, -0.05) is 19.3 Å². The molecule has 1 aliphatic carbocycles. The first kappa shape index (κ1) is 16.2. The second kappa shape index (κ2) is 7.23. The molecule has 0 amide bonds. The lowest BCUT2D eigenvalue weighted by atomic mass is 9.84. The van der Waals surface area contributed by atoms with Crippen molar-refractivity contribution in [2.24, 2.45) is 11.8 Å². The van der Waals surface area contributed by atoms with E-state index in [-0.39, 0.29) is 0 Å². The van der Waals surface area contributed by atoms with Gasteiger partial charge in [-0.3, -0.25) is 0 Å². The van der Waals surface area contributed by atoms with Gasteiger partial charge < -0.3 is 5.32 Å². The van der Waals surface area contributed by atoms with Crippen molar-refractivity contribution in [1.29, 1.82) is 0 Å². The predicted molar refractivity (Wildman–Crippen MR) is 83.2 cm³/mol. The van der Waals surface area contributed by atoms with Crippen LogP contribution in [-0.2, 0) is 10.0 Å². The fraction of sp³-hybridized carbons (Fsp3) is 1.00. The molecular weight excluding hydrogens is 272 g/mol. The van der Waals surface area contributed by atoms with E-state index in [1.807, 2.05) is 0 Å². The topological polar surface area (TPSA) is 49.4 Å². The fourth-order valence-electron chi connectivity index (χ4n) is 3.65. The molecule has 4 nitrogen and oxygen atoms in total. The van der Waals surface area contributed by atoms with Crippen molar-refractivity contribution in [2.45, 2.75) is 57.9 Å². The minimum absolute atomic E-state index is 0.476. The Balaban J connectivity index is 1.75. The average molecular weight is 302 g/mol. The Morgan fingerprint density at radius 2 is 1.85 bits per heavy atom. The van der Waals surface area contributed by atoms with Gasteiger partial charge in [-0.05, 0) is 51.0 Å². The molecule has 5 heteroatoms. The third-order valence-electron chi connectivity index (χ3n) is 5.04.